The highest BCUT2D eigenvalue weighted by Gasteiger charge is 2.25. The van der Waals surface area contributed by atoms with Crippen molar-refractivity contribution in [1.82, 2.24) is 10.6 Å². The molecule has 2 aliphatic heterocycles. The molecule has 0 aliphatic carbocycles. The third-order valence-corrected chi connectivity index (χ3v) is 9.00. The molecular formula is C12H28BFN2O2S4. The number of thioether (sulfide) groups is 4. The van der Waals surface area contributed by atoms with Crippen LogP contribution < -0.4 is 10.6 Å². The molecule has 2 heterocycles. The van der Waals surface area contributed by atoms with Crippen LogP contribution in [0.2, 0.25) is 0 Å². The monoisotopic (exact) mass is 390 g/mol. The van der Waals surface area contributed by atoms with Crippen LogP contribution in [0.5, 0.6) is 0 Å². The summed E-state index contributed by atoms with van der Waals surface area (Å²) in [6.45, 7) is 6.87. The van der Waals surface area contributed by atoms with Gasteiger partial charge < -0.3 is 10.0 Å². The molecule has 22 heavy (non-hydrogen) atoms. The summed E-state index contributed by atoms with van der Waals surface area (Å²) < 4.78 is 10.7. The predicted molar refractivity (Wildman–Crippen MR) is 105 cm³/mol. The molecule has 2 fully saturated rings. The fraction of sp³-hybridized carbons (Fsp3) is 1.00. The van der Waals surface area contributed by atoms with Gasteiger partial charge in [-0.25, -0.2) is 0 Å². The van der Waals surface area contributed by atoms with Crippen LogP contribution in [0.4, 0.5) is 4.32 Å². The van der Waals surface area contributed by atoms with Crippen molar-refractivity contribution in [3.05, 3.63) is 0 Å². The number of hydrogen-bond donors (Lipinski definition) is 4. The lowest BCUT2D eigenvalue weighted by atomic mass is 10.3. The SMILES string of the molecule is CSC1(C)NCCCS1.CSC1(C)NCCCS1.OB(O)F. The van der Waals surface area contributed by atoms with E-state index in [-0.39, 0.29) is 0 Å². The van der Waals surface area contributed by atoms with Gasteiger partial charge in [0.1, 0.15) is 8.41 Å². The van der Waals surface area contributed by atoms with Gasteiger partial charge in [0, 0.05) is 0 Å². The zero-order valence-corrected chi connectivity index (χ0v) is 17.0. The molecule has 0 bridgehead atoms. The van der Waals surface area contributed by atoms with Crippen LogP contribution in [-0.4, -0.2) is 63.0 Å². The summed E-state index contributed by atoms with van der Waals surface area (Å²) in [7, 11) is -2.67. The van der Waals surface area contributed by atoms with Gasteiger partial charge in [-0.1, -0.05) is 0 Å². The van der Waals surface area contributed by atoms with E-state index in [9.17, 15) is 4.32 Å². The molecule has 4 N–H and O–H groups in total. The largest absolute Gasteiger partial charge is 0.674 e. The van der Waals surface area contributed by atoms with E-state index < -0.39 is 7.40 Å². The summed E-state index contributed by atoms with van der Waals surface area (Å²) in [5, 5.41) is 20.8. The highest BCUT2D eigenvalue weighted by atomic mass is 32.2. The van der Waals surface area contributed by atoms with Crippen LogP contribution in [0.15, 0.2) is 0 Å². The number of nitrogens with one attached hydrogen (secondary N) is 2. The topological polar surface area (TPSA) is 64.5 Å². The molecule has 10 heteroatoms. The van der Waals surface area contributed by atoms with Crippen LogP contribution in [0.3, 0.4) is 0 Å². The standard InChI is InChI=1S/2C6H13NS2.BFH2O2/c2*1-6(8-2)7-4-3-5-9-6;2-1(3)4/h2*7H,3-5H2,1-2H3;3-4H. The minimum atomic E-state index is -2.67. The fourth-order valence-corrected chi connectivity index (χ4v) is 5.37. The van der Waals surface area contributed by atoms with Crippen LogP contribution in [0.25, 0.3) is 0 Å². The van der Waals surface area contributed by atoms with Crippen molar-refractivity contribution in [1.29, 1.82) is 0 Å². The van der Waals surface area contributed by atoms with E-state index >= 15 is 0 Å². The van der Waals surface area contributed by atoms with Crippen molar-refractivity contribution < 1.29 is 14.4 Å². The van der Waals surface area contributed by atoms with Crippen LogP contribution in [-0.2, 0) is 0 Å². The Kier molecular flexibility index (Phi) is 13.3. The first-order valence-electron chi connectivity index (χ1n) is 7.15. The minimum absolute atomic E-state index is 0.304. The maximum absolute atomic E-state index is 10.1. The van der Waals surface area contributed by atoms with Gasteiger partial charge in [-0.2, -0.15) is 0 Å². The molecule has 2 unspecified atom stereocenters. The molecule has 0 aromatic heterocycles. The second-order valence-electron chi connectivity index (χ2n) is 4.87. The molecule has 0 aromatic carbocycles. The highest BCUT2D eigenvalue weighted by Crippen LogP contribution is 2.35. The Hall–Kier alpha value is 1.23. The van der Waals surface area contributed by atoms with E-state index in [0.717, 1.165) is 0 Å². The normalized spacial score (nSPS) is 31.2. The maximum Gasteiger partial charge on any atom is 0.674 e. The van der Waals surface area contributed by atoms with Crippen LogP contribution in [0, 0.1) is 0 Å². The first-order chi connectivity index (χ1) is 10.3. The van der Waals surface area contributed by atoms with Crippen LogP contribution >= 0.6 is 47.0 Å². The summed E-state index contributed by atoms with van der Waals surface area (Å²) in [4.78, 5) is 0. The Labute approximate surface area is 151 Å². The first kappa shape index (κ1) is 23.2. The van der Waals surface area contributed by atoms with Gasteiger partial charge in [-0.15, -0.1) is 47.0 Å². The molecular weight excluding hydrogens is 362 g/mol. The lowest BCUT2D eigenvalue weighted by Crippen LogP contribution is -2.40. The quantitative estimate of drug-likeness (QED) is 0.537. The number of rotatable bonds is 2. The summed E-state index contributed by atoms with van der Waals surface area (Å²) in [5.74, 6) is 2.62. The van der Waals surface area contributed by atoms with Crippen molar-refractivity contribution >= 4 is 54.4 Å². The smallest absolute Gasteiger partial charge is 0.398 e. The minimum Gasteiger partial charge on any atom is -0.398 e. The molecule has 0 aromatic rings. The molecule has 0 spiro atoms. The predicted octanol–water partition coefficient (Wildman–Crippen LogP) is 2.42. The summed E-state index contributed by atoms with van der Waals surface area (Å²) >= 11 is 7.83. The zero-order valence-electron chi connectivity index (χ0n) is 13.7. The van der Waals surface area contributed by atoms with Crippen LogP contribution in [0.1, 0.15) is 26.7 Å². The molecule has 132 valence electrons. The molecule has 2 saturated heterocycles. The molecule has 2 rings (SSSR count). The lowest BCUT2D eigenvalue weighted by molar-refractivity contribution is 0.340. The van der Waals surface area contributed by atoms with E-state index in [2.05, 4.69) is 37.0 Å². The van der Waals surface area contributed by atoms with Crippen molar-refractivity contribution in [2.24, 2.45) is 0 Å². The van der Waals surface area contributed by atoms with E-state index in [1.807, 2.05) is 47.0 Å². The summed E-state index contributed by atoms with van der Waals surface area (Å²) in [5.41, 5.74) is 0. The fourth-order valence-electron chi connectivity index (χ4n) is 1.67. The molecule has 2 aliphatic rings. The third kappa shape index (κ3) is 11.7. The Bertz CT molecular complexity index is 255. The maximum atomic E-state index is 10.1. The van der Waals surface area contributed by atoms with Gasteiger partial charge in [0.05, 0.1) is 0 Å². The van der Waals surface area contributed by atoms with Crippen molar-refractivity contribution in [3.8, 4) is 0 Å². The first-order valence-corrected chi connectivity index (χ1v) is 11.6. The average Bonchev–Trinajstić information content (AvgIpc) is 2.49. The van der Waals surface area contributed by atoms with E-state index in [1.165, 1.54) is 37.4 Å². The summed E-state index contributed by atoms with van der Waals surface area (Å²) in [6, 6.07) is 0. The average molecular weight is 390 g/mol. The molecule has 0 amide bonds. The zero-order chi connectivity index (χ0) is 17.1. The molecule has 4 nitrogen and oxygen atoms in total. The van der Waals surface area contributed by atoms with Gasteiger partial charge in [0.15, 0.2) is 0 Å². The molecule has 2 atom stereocenters. The Balaban J connectivity index is 0.000000326. The third-order valence-electron chi connectivity index (χ3n) is 3.07. The van der Waals surface area contributed by atoms with Crippen molar-refractivity contribution in [3.63, 3.8) is 0 Å². The second-order valence-corrected chi connectivity index (χ2v) is 10.9. The van der Waals surface area contributed by atoms with E-state index in [0.29, 0.717) is 8.41 Å². The highest BCUT2D eigenvalue weighted by molar-refractivity contribution is 8.18. The van der Waals surface area contributed by atoms with Gasteiger partial charge >= 0.3 is 7.40 Å². The lowest BCUT2D eigenvalue weighted by Gasteiger charge is -2.32. The number of hydrogen-bond acceptors (Lipinski definition) is 8. The Morgan fingerprint density at radius 2 is 1.27 bits per heavy atom. The number of halogens is 1. The van der Waals surface area contributed by atoms with Gasteiger partial charge in [-0.3, -0.25) is 14.9 Å². The Morgan fingerprint density at radius 1 is 0.955 bits per heavy atom. The van der Waals surface area contributed by atoms with Gasteiger partial charge in [-0.05, 0) is 63.8 Å². The van der Waals surface area contributed by atoms with E-state index in [1.54, 1.807) is 0 Å². The Morgan fingerprint density at radius 3 is 1.41 bits per heavy atom. The summed E-state index contributed by atoms with van der Waals surface area (Å²) in [6.07, 6.45) is 6.96. The van der Waals surface area contributed by atoms with E-state index in [4.69, 9.17) is 10.0 Å². The van der Waals surface area contributed by atoms with Crippen molar-refractivity contribution in [2.75, 3.05) is 37.1 Å². The van der Waals surface area contributed by atoms with Crippen molar-refractivity contribution in [2.45, 2.75) is 35.1 Å². The van der Waals surface area contributed by atoms with Gasteiger partial charge in [0.25, 0.3) is 0 Å². The van der Waals surface area contributed by atoms with Gasteiger partial charge in [0.2, 0.25) is 0 Å². The molecule has 0 radical (unpaired) electrons. The molecule has 0 saturated carbocycles. The second kappa shape index (κ2) is 12.6.